The normalized spacial score (nSPS) is 11.5. The van der Waals surface area contributed by atoms with E-state index in [1.165, 1.54) is 21.9 Å². The zero-order valence-electron chi connectivity index (χ0n) is 18.6. The van der Waals surface area contributed by atoms with Gasteiger partial charge in [0, 0.05) is 39.1 Å². The minimum Gasteiger partial charge on any atom is -0.502 e. The Bertz CT molecular complexity index is 1340. The molecule has 2 aromatic heterocycles. The van der Waals surface area contributed by atoms with Gasteiger partial charge in [-0.2, -0.15) is 0 Å². The van der Waals surface area contributed by atoms with Crippen LogP contribution in [0.2, 0.25) is 0 Å². The largest absolute Gasteiger partial charge is 0.502 e. The van der Waals surface area contributed by atoms with Crippen LogP contribution in [-0.2, 0) is 0 Å². The third kappa shape index (κ3) is 3.01. The molecule has 0 aliphatic heterocycles. The molecule has 0 bridgehead atoms. The van der Waals surface area contributed by atoms with Crippen LogP contribution in [0.5, 0.6) is 17.2 Å². The third-order valence-electron chi connectivity index (χ3n) is 6.30. The number of nitrogens with one attached hydrogen (secondary N) is 2. The second kappa shape index (κ2) is 7.68. The van der Waals surface area contributed by atoms with Gasteiger partial charge in [0.1, 0.15) is 0 Å². The monoisotopic (exact) mass is 426 g/mol. The summed E-state index contributed by atoms with van der Waals surface area (Å²) in [6.07, 6.45) is 0. The molecule has 0 aliphatic carbocycles. The average Bonchev–Trinajstić information content (AvgIpc) is 3.31. The topological polar surface area (TPSA) is 70.3 Å². The Kier molecular flexibility index (Phi) is 4.82. The highest BCUT2D eigenvalue weighted by Crippen LogP contribution is 2.47. The number of phenolic OH excluding ortho intramolecular Hbond substituents is 1. The number of rotatable bonds is 5. The number of aromatic hydroxyl groups is 1. The number of hydrogen-bond donors (Lipinski definition) is 3. The van der Waals surface area contributed by atoms with Crippen molar-refractivity contribution in [3.63, 3.8) is 0 Å². The van der Waals surface area contributed by atoms with Crippen LogP contribution < -0.4 is 9.47 Å². The number of fused-ring (bicyclic) bond motifs is 2. The van der Waals surface area contributed by atoms with Crippen LogP contribution >= 0.6 is 0 Å². The van der Waals surface area contributed by atoms with Crippen molar-refractivity contribution in [1.29, 1.82) is 0 Å². The smallest absolute Gasteiger partial charge is 0.200 e. The Morgan fingerprint density at radius 3 is 1.59 bits per heavy atom. The van der Waals surface area contributed by atoms with Gasteiger partial charge in [0.25, 0.3) is 0 Å². The van der Waals surface area contributed by atoms with E-state index in [-0.39, 0.29) is 11.7 Å². The molecule has 5 aromatic rings. The van der Waals surface area contributed by atoms with E-state index in [4.69, 9.17) is 9.47 Å². The molecule has 0 unspecified atom stereocenters. The molecule has 0 saturated heterocycles. The molecule has 2 heterocycles. The summed E-state index contributed by atoms with van der Waals surface area (Å²) in [4.78, 5) is 7.11. The van der Waals surface area contributed by atoms with Crippen LogP contribution in [0, 0.1) is 13.8 Å². The van der Waals surface area contributed by atoms with Crippen LogP contribution in [0.4, 0.5) is 0 Å². The van der Waals surface area contributed by atoms with Crippen molar-refractivity contribution in [2.24, 2.45) is 0 Å². The van der Waals surface area contributed by atoms with Crippen LogP contribution in [0.1, 0.15) is 34.0 Å². The minimum absolute atomic E-state index is 0.00352. The van der Waals surface area contributed by atoms with Crippen molar-refractivity contribution in [3.05, 3.63) is 88.7 Å². The fourth-order valence-corrected chi connectivity index (χ4v) is 4.90. The lowest BCUT2D eigenvalue weighted by atomic mass is 9.82. The summed E-state index contributed by atoms with van der Waals surface area (Å²) in [6, 6.07) is 20.5. The van der Waals surface area contributed by atoms with E-state index in [0.29, 0.717) is 11.5 Å². The number of hydrogen-bond acceptors (Lipinski definition) is 3. The predicted molar refractivity (Wildman–Crippen MR) is 128 cm³/mol. The zero-order valence-corrected chi connectivity index (χ0v) is 18.6. The van der Waals surface area contributed by atoms with Crippen molar-refractivity contribution in [2.75, 3.05) is 14.2 Å². The summed E-state index contributed by atoms with van der Waals surface area (Å²) >= 11 is 0. The maximum atomic E-state index is 10.5. The van der Waals surface area contributed by atoms with E-state index in [1.807, 2.05) is 24.3 Å². The van der Waals surface area contributed by atoms with Crippen molar-refractivity contribution in [2.45, 2.75) is 19.8 Å². The Labute approximate surface area is 186 Å². The summed E-state index contributed by atoms with van der Waals surface area (Å²) in [5, 5.41) is 12.9. The minimum atomic E-state index is -0.106. The van der Waals surface area contributed by atoms with Crippen molar-refractivity contribution < 1.29 is 14.6 Å². The van der Waals surface area contributed by atoms with Gasteiger partial charge in [0.2, 0.25) is 5.75 Å². The highest BCUT2D eigenvalue weighted by Gasteiger charge is 2.29. The first-order chi connectivity index (χ1) is 15.5. The van der Waals surface area contributed by atoms with Gasteiger partial charge in [-0.3, -0.25) is 0 Å². The number of aromatic amines is 2. The number of H-pyrrole nitrogens is 2. The molecule has 0 radical (unpaired) electrons. The quantitative estimate of drug-likeness (QED) is 0.315. The molecule has 0 spiro atoms. The number of phenols is 1. The first-order valence-corrected chi connectivity index (χ1v) is 10.6. The van der Waals surface area contributed by atoms with Crippen molar-refractivity contribution in [3.8, 4) is 17.2 Å². The molecule has 5 nitrogen and oxygen atoms in total. The molecular weight excluding hydrogens is 400 g/mol. The van der Waals surface area contributed by atoms with E-state index >= 15 is 0 Å². The predicted octanol–water partition coefficient (Wildman–Crippen LogP) is 6.17. The lowest BCUT2D eigenvalue weighted by Crippen LogP contribution is -2.07. The Hall–Kier alpha value is -3.86. The SMILES string of the molecule is COc1cc(C(c2c(C)[nH]c3ccccc23)c2c(C)[nH]c3ccccc23)cc(OC)c1O. The van der Waals surface area contributed by atoms with Crippen molar-refractivity contribution >= 4 is 21.8 Å². The van der Waals surface area contributed by atoms with Gasteiger partial charge in [0.15, 0.2) is 11.5 Å². The van der Waals surface area contributed by atoms with E-state index < -0.39 is 0 Å². The van der Waals surface area contributed by atoms with Gasteiger partial charge in [-0.05, 0) is 54.8 Å². The van der Waals surface area contributed by atoms with Crippen LogP contribution in [-0.4, -0.2) is 29.3 Å². The number of ether oxygens (including phenoxy) is 2. The molecule has 0 amide bonds. The molecule has 0 fully saturated rings. The van der Waals surface area contributed by atoms with E-state index in [1.54, 1.807) is 14.2 Å². The lowest BCUT2D eigenvalue weighted by Gasteiger charge is -2.22. The van der Waals surface area contributed by atoms with Crippen molar-refractivity contribution in [1.82, 2.24) is 9.97 Å². The first kappa shape index (κ1) is 20.1. The fourth-order valence-electron chi connectivity index (χ4n) is 4.90. The maximum Gasteiger partial charge on any atom is 0.200 e. The Balaban J connectivity index is 1.89. The molecular formula is C27H26N2O3. The molecule has 0 saturated carbocycles. The van der Waals surface area contributed by atoms with Crippen LogP contribution in [0.3, 0.4) is 0 Å². The highest BCUT2D eigenvalue weighted by molar-refractivity contribution is 5.91. The summed E-state index contributed by atoms with van der Waals surface area (Å²) in [5.74, 6) is 0.674. The van der Waals surface area contributed by atoms with Gasteiger partial charge in [-0.25, -0.2) is 0 Å². The number of methoxy groups -OCH3 is 2. The molecule has 5 rings (SSSR count). The maximum absolute atomic E-state index is 10.5. The molecule has 5 heteroatoms. The zero-order chi connectivity index (χ0) is 22.4. The highest BCUT2D eigenvalue weighted by atomic mass is 16.5. The first-order valence-electron chi connectivity index (χ1n) is 10.6. The molecule has 32 heavy (non-hydrogen) atoms. The lowest BCUT2D eigenvalue weighted by molar-refractivity contribution is 0.339. The van der Waals surface area contributed by atoms with Crippen LogP contribution in [0.15, 0.2) is 60.7 Å². The second-order valence-corrected chi connectivity index (χ2v) is 8.13. The molecule has 162 valence electrons. The standard InChI is InChI=1S/C27H26N2O3/c1-15-24(18-9-5-7-11-20(18)28-15)26(17-13-22(31-3)27(30)23(14-17)32-4)25-16(2)29-21-12-8-6-10-19(21)25/h5-14,26,28-30H,1-4H3. The van der Waals surface area contributed by atoms with E-state index in [2.05, 4.69) is 60.2 Å². The summed E-state index contributed by atoms with van der Waals surface area (Å²) in [5.41, 5.74) is 7.78. The molecule has 0 aliphatic rings. The third-order valence-corrected chi connectivity index (χ3v) is 6.30. The number of para-hydroxylation sites is 2. The van der Waals surface area contributed by atoms with E-state index in [0.717, 1.165) is 28.0 Å². The molecule has 3 N–H and O–H groups in total. The fraction of sp³-hybridized carbons (Fsp3) is 0.185. The van der Waals surface area contributed by atoms with Gasteiger partial charge >= 0.3 is 0 Å². The molecule has 0 atom stereocenters. The van der Waals surface area contributed by atoms with Crippen LogP contribution in [0.25, 0.3) is 21.8 Å². The van der Waals surface area contributed by atoms with Gasteiger partial charge in [-0.15, -0.1) is 0 Å². The molecule has 3 aromatic carbocycles. The average molecular weight is 427 g/mol. The summed E-state index contributed by atoms with van der Waals surface area (Å²) in [6.45, 7) is 4.22. The van der Waals surface area contributed by atoms with E-state index in [9.17, 15) is 5.11 Å². The summed E-state index contributed by atoms with van der Waals surface area (Å²) in [7, 11) is 3.11. The van der Waals surface area contributed by atoms with Gasteiger partial charge in [0.05, 0.1) is 14.2 Å². The van der Waals surface area contributed by atoms with Gasteiger partial charge in [-0.1, -0.05) is 36.4 Å². The number of benzene rings is 3. The Morgan fingerprint density at radius 1 is 0.719 bits per heavy atom. The second-order valence-electron chi connectivity index (χ2n) is 8.13. The number of aryl methyl sites for hydroxylation is 2. The van der Waals surface area contributed by atoms with Gasteiger partial charge < -0.3 is 24.5 Å². The number of aromatic nitrogens is 2. The summed E-state index contributed by atoms with van der Waals surface area (Å²) < 4.78 is 11.0. The Morgan fingerprint density at radius 2 is 1.16 bits per heavy atom.